The van der Waals surface area contributed by atoms with Crippen molar-refractivity contribution in [3.63, 3.8) is 0 Å². The third-order valence-electron chi connectivity index (χ3n) is 8.67. The highest BCUT2D eigenvalue weighted by molar-refractivity contribution is 6.31. The van der Waals surface area contributed by atoms with Gasteiger partial charge < -0.3 is 34.3 Å². The molecule has 3 aliphatic heterocycles. The highest BCUT2D eigenvalue weighted by Crippen LogP contribution is 2.53. The highest BCUT2D eigenvalue weighted by atomic mass is 16.6. The van der Waals surface area contributed by atoms with Gasteiger partial charge in [-0.2, -0.15) is 0 Å². The minimum atomic E-state index is -0.813. The standard InChI is InChI=1S/C28H26N4O4/c1-28-26(35-3)17(29-2)11-20(36-28)31-18-9-8-13(33)10-15(18)22-23-16(12-30-27(23)34)21-14-6-4-5-7-19(14)32(28)25(21)24(22)31/h4-10,17,20,26,29,33H,11-12H2,1-3H3,(H,30,34)/t17-,20-,26-,28+/m1/s1. The number of carbonyl (C=O) groups is 1. The summed E-state index contributed by atoms with van der Waals surface area (Å²) in [7, 11) is 3.71. The van der Waals surface area contributed by atoms with Gasteiger partial charge in [0.15, 0.2) is 5.72 Å². The number of aromatic hydroxyl groups is 1. The number of nitrogens with zero attached hydrogens (tertiary/aromatic N) is 2. The van der Waals surface area contributed by atoms with Gasteiger partial charge in [-0.05, 0) is 43.8 Å². The summed E-state index contributed by atoms with van der Waals surface area (Å²) in [6.45, 7) is 2.58. The first-order valence-electron chi connectivity index (χ1n) is 12.4. The van der Waals surface area contributed by atoms with E-state index in [9.17, 15) is 9.90 Å². The van der Waals surface area contributed by atoms with Gasteiger partial charge in [0.05, 0.1) is 27.6 Å². The summed E-state index contributed by atoms with van der Waals surface area (Å²) in [5.74, 6) is 0.0988. The third kappa shape index (κ3) is 2.16. The van der Waals surface area contributed by atoms with E-state index in [1.54, 1.807) is 19.2 Å². The largest absolute Gasteiger partial charge is 0.508 e. The Kier molecular flexibility index (Phi) is 3.77. The fourth-order valence-electron chi connectivity index (χ4n) is 7.37. The van der Waals surface area contributed by atoms with Crippen molar-refractivity contribution in [3.8, 4) is 5.75 Å². The Morgan fingerprint density at radius 1 is 1.14 bits per heavy atom. The molecule has 2 aromatic heterocycles. The molecule has 0 saturated carbocycles. The van der Waals surface area contributed by atoms with Gasteiger partial charge in [0, 0.05) is 47.7 Å². The van der Waals surface area contributed by atoms with E-state index in [2.05, 4.69) is 38.8 Å². The molecule has 0 radical (unpaired) electrons. The minimum Gasteiger partial charge on any atom is -0.508 e. The smallest absolute Gasteiger partial charge is 0.252 e. The normalized spacial score (nSPS) is 26.9. The molecule has 5 aromatic rings. The molecule has 1 amide bonds. The van der Waals surface area contributed by atoms with Crippen molar-refractivity contribution in [1.29, 1.82) is 0 Å². The van der Waals surface area contributed by atoms with Crippen molar-refractivity contribution >= 4 is 49.5 Å². The van der Waals surface area contributed by atoms with Gasteiger partial charge in [0.2, 0.25) is 0 Å². The quantitative estimate of drug-likeness (QED) is 0.353. The SMILES string of the molecule is CN[C@@H]1C[C@H]2O[C@@](C)([C@@H]1OC)n1c3ccccc3c3c4c(c5c6cc(O)ccc6n2c5c31)C(=O)NC4. The maximum atomic E-state index is 13.3. The predicted molar refractivity (Wildman–Crippen MR) is 137 cm³/mol. The molecule has 3 aromatic carbocycles. The number of methoxy groups -OCH3 is 1. The summed E-state index contributed by atoms with van der Waals surface area (Å²) in [4.78, 5) is 13.3. The Labute approximate surface area is 206 Å². The molecule has 3 aliphatic rings. The zero-order chi connectivity index (χ0) is 24.5. The van der Waals surface area contributed by atoms with Crippen molar-refractivity contribution in [3.05, 3.63) is 53.6 Å². The second-order valence-electron chi connectivity index (χ2n) is 10.3. The molecule has 36 heavy (non-hydrogen) atoms. The molecule has 8 nitrogen and oxygen atoms in total. The Hall–Kier alpha value is -3.59. The fourth-order valence-corrected chi connectivity index (χ4v) is 7.37. The number of phenolic OH excluding ortho intramolecular Hbond substituents is 1. The highest BCUT2D eigenvalue weighted by Gasteiger charge is 2.53. The molecule has 4 atom stereocenters. The first-order valence-corrected chi connectivity index (χ1v) is 12.4. The number of fused-ring (bicyclic) bond motifs is 13. The van der Waals surface area contributed by atoms with Gasteiger partial charge in [0.1, 0.15) is 18.1 Å². The molecule has 1 fully saturated rings. The molecule has 3 N–H and O–H groups in total. The topological polar surface area (TPSA) is 89.7 Å². The first kappa shape index (κ1) is 20.6. The Morgan fingerprint density at radius 3 is 2.78 bits per heavy atom. The number of ether oxygens (including phenoxy) is 2. The van der Waals surface area contributed by atoms with Gasteiger partial charge in [-0.25, -0.2) is 0 Å². The molecule has 8 heteroatoms. The van der Waals surface area contributed by atoms with E-state index in [1.165, 1.54) is 0 Å². The number of para-hydroxylation sites is 1. The van der Waals surface area contributed by atoms with Crippen LogP contribution in [0.5, 0.6) is 5.75 Å². The second kappa shape index (κ2) is 6.59. The lowest BCUT2D eigenvalue weighted by Crippen LogP contribution is -2.59. The van der Waals surface area contributed by atoms with Crippen LogP contribution in [0.1, 0.15) is 35.5 Å². The number of benzene rings is 3. The van der Waals surface area contributed by atoms with E-state index in [-0.39, 0.29) is 30.0 Å². The Bertz CT molecular complexity index is 1800. The maximum absolute atomic E-state index is 13.3. The number of rotatable bonds is 2. The van der Waals surface area contributed by atoms with Crippen molar-refractivity contribution in [2.24, 2.45) is 0 Å². The molecule has 1 saturated heterocycles. The number of aromatic nitrogens is 2. The Balaban J connectivity index is 1.72. The first-order chi connectivity index (χ1) is 17.5. The van der Waals surface area contributed by atoms with Crippen molar-refractivity contribution in [2.75, 3.05) is 14.2 Å². The van der Waals surface area contributed by atoms with Crippen LogP contribution in [0.25, 0.3) is 43.6 Å². The summed E-state index contributed by atoms with van der Waals surface area (Å²) < 4.78 is 17.8. The lowest BCUT2D eigenvalue weighted by Gasteiger charge is -2.48. The van der Waals surface area contributed by atoms with Crippen LogP contribution in [0.2, 0.25) is 0 Å². The second-order valence-corrected chi connectivity index (χ2v) is 10.3. The van der Waals surface area contributed by atoms with Crippen molar-refractivity contribution in [2.45, 2.75) is 44.0 Å². The summed E-state index contributed by atoms with van der Waals surface area (Å²) in [6, 6.07) is 13.8. The van der Waals surface area contributed by atoms with E-state index < -0.39 is 5.72 Å². The monoisotopic (exact) mass is 482 g/mol. The Morgan fingerprint density at radius 2 is 1.97 bits per heavy atom. The lowest BCUT2D eigenvalue weighted by atomic mass is 9.93. The zero-order valence-corrected chi connectivity index (χ0v) is 20.3. The van der Waals surface area contributed by atoms with Crippen LogP contribution in [-0.4, -0.2) is 46.5 Å². The number of carbonyl (C=O) groups excluding carboxylic acids is 1. The summed E-state index contributed by atoms with van der Waals surface area (Å²) in [6.07, 6.45) is 0.145. The van der Waals surface area contributed by atoms with Crippen LogP contribution in [0.4, 0.5) is 0 Å². The van der Waals surface area contributed by atoms with Gasteiger partial charge in [-0.1, -0.05) is 18.2 Å². The molecular weight excluding hydrogens is 456 g/mol. The summed E-state index contributed by atoms with van der Waals surface area (Å²) in [5.41, 5.74) is 4.88. The average molecular weight is 483 g/mol. The number of likely N-dealkylation sites (N-methyl/N-ethyl adjacent to an activating group) is 1. The maximum Gasteiger partial charge on any atom is 0.252 e. The fraction of sp³-hybridized carbons (Fsp3) is 0.321. The number of phenols is 1. The molecule has 5 heterocycles. The molecule has 0 aliphatic carbocycles. The molecule has 8 rings (SSSR count). The minimum absolute atomic E-state index is 0.0315. The molecule has 2 bridgehead atoms. The van der Waals surface area contributed by atoms with E-state index >= 15 is 0 Å². The van der Waals surface area contributed by atoms with Crippen LogP contribution < -0.4 is 10.6 Å². The van der Waals surface area contributed by atoms with Crippen LogP contribution in [0.15, 0.2) is 42.5 Å². The number of amides is 1. The van der Waals surface area contributed by atoms with Gasteiger partial charge in [-0.3, -0.25) is 4.79 Å². The van der Waals surface area contributed by atoms with E-state index in [0.717, 1.165) is 49.2 Å². The molecular formula is C28H26N4O4. The van der Waals surface area contributed by atoms with Gasteiger partial charge >= 0.3 is 0 Å². The molecule has 0 unspecified atom stereocenters. The van der Waals surface area contributed by atoms with E-state index in [4.69, 9.17) is 9.47 Å². The summed E-state index contributed by atoms with van der Waals surface area (Å²) >= 11 is 0. The van der Waals surface area contributed by atoms with Crippen LogP contribution in [-0.2, 0) is 21.7 Å². The van der Waals surface area contributed by atoms with Crippen molar-refractivity contribution in [1.82, 2.24) is 19.8 Å². The van der Waals surface area contributed by atoms with Crippen LogP contribution in [0, 0.1) is 0 Å². The van der Waals surface area contributed by atoms with E-state index in [0.29, 0.717) is 18.5 Å². The van der Waals surface area contributed by atoms with Gasteiger partial charge in [-0.15, -0.1) is 0 Å². The number of hydrogen-bond acceptors (Lipinski definition) is 5. The number of hydrogen-bond donors (Lipinski definition) is 3. The van der Waals surface area contributed by atoms with Gasteiger partial charge in [0.25, 0.3) is 5.91 Å². The average Bonchev–Trinajstić information content (AvgIpc) is 3.51. The van der Waals surface area contributed by atoms with Crippen LogP contribution >= 0.6 is 0 Å². The lowest BCUT2D eigenvalue weighted by molar-refractivity contribution is -0.256. The third-order valence-corrected chi connectivity index (χ3v) is 8.67. The zero-order valence-electron chi connectivity index (χ0n) is 20.3. The predicted octanol–water partition coefficient (Wildman–Crippen LogP) is 4.06. The molecule has 0 spiro atoms. The van der Waals surface area contributed by atoms with Crippen molar-refractivity contribution < 1.29 is 19.4 Å². The summed E-state index contributed by atoms with van der Waals surface area (Å²) in [5, 5.41) is 20.9. The molecule has 182 valence electrons. The van der Waals surface area contributed by atoms with Crippen LogP contribution in [0.3, 0.4) is 0 Å². The number of nitrogens with one attached hydrogen (secondary N) is 2. The van der Waals surface area contributed by atoms with E-state index in [1.807, 2.05) is 25.2 Å².